The van der Waals surface area contributed by atoms with Gasteiger partial charge in [-0.25, -0.2) is 0 Å². The molecule has 74 heavy (non-hydrogen) atoms. The molecule has 0 saturated heterocycles. The highest BCUT2D eigenvalue weighted by molar-refractivity contribution is 6.07. The van der Waals surface area contributed by atoms with E-state index < -0.39 is 59.5 Å². The smallest absolute Gasteiger partial charge is 0.255 e. The number of carbonyl (C=O) groups is 8. The van der Waals surface area contributed by atoms with Crippen LogP contribution in [0.5, 0.6) is 17.2 Å². The lowest BCUT2D eigenvalue weighted by molar-refractivity contribution is -0.118. The van der Waals surface area contributed by atoms with Crippen molar-refractivity contribution in [2.24, 2.45) is 22.9 Å². The maximum Gasteiger partial charge on any atom is 0.255 e. The topological polar surface area (TPSA) is 353 Å². The molecule has 4 aromatic carbocycles. The molecule has 0 spiro atoms. The number of primary amides is 1. The van der Waals surface area contributed by atoms with Crippen molar-refractivity contribution in [1.29, 1.82) is 0 Å². The van der Waals surface area contributed by atoms with Crippen LogP contribution in [0.15, 0.2) is 72.8 Å². The summed E-state index contributed by atoms with van der Waals surface area (Å²) < 4.78 is 16.1. The lowest BCUT2D eigenvalue weighted by Crippen LogP contribution is -2.44. The van der Waals surface area contributed by atoms with E-state index in [4.69, 9.17) is 37.1 Å². The Kier molecular flexibility index (Phi) is 23.3. The monoisotopic (exact) mass is 1020 g/mol. The summed E-state index contributed by atoms with van der Waals surface area (Å²) in [5.74, 6) is -4.27. The molecule has 0 saturated carbocycles. The molecule has 0 aliphatic heterocycles. The van der Waals surface area contributed by atoms with E-state index in [0.29, 0.717) is 69.4 Å². The summed E-state index contributed by atoms with van der Waals surface area (Å²) in [6.45, 7) is 4.08. The summed E-state index contributed by atoms with van der Waals surface area (Å²) in [7, 11) is 4.12. The molecular formula is C52H69N11O11. The minimum absolute atomic E-state index is 0.0160. The number of anilines is 4. The third kappa shape index (κ3) is 17.3. The standard InChI is InChI=1S/C52H69N11O11/c1-30-15-16-33(58-51(70)41(13-7-10-24-54)62-48(67)38-28-32(57-31(2)64)17-21-44(38)73-4)26-36(30)47(66)61-40(12-6-9-23-53)50(69)60-35-19-22-45(74-5)39(29-35)49(68)63-42(14-8-11-25-55)52(71)59-34-18-20-43(72-3)37(27-34)46(56)65/h15-22,26-29,40-42H,6-14,23-25,53-55H2,1-5H3,(H2,56,65)(H,57,64)(H,58,70)(H,59,71)(H,60,69)(H,61,66)(H,62,67)(H,63,68)/t40-,41-,42-/m0/s1. The van der Waals surface area contributed by atoms with Crippen molar-refractivity contribution in [2.45, 2.75) is 89.8 Å². The van der Waals surface area contributed by atoms with Crippen LogP contribution in [0.25, 0.3) is 0 Å². The summed E-state index contributed by atoms with van der Waals surface area (Å²) >= 11 is 0. The van der Waals surface area contributed by atoms with Crippen LogP contribution in [-0.4, -0.2) is 106 Å². The molecule has 4 aromatic rings. The number of amides is 8. The quantitative estimate of drug-likeness (QED) is 0.0346. The van der Waals surface area contributed by atoms with Gasteiger partial charge in [0.05, 0.1) is 38.0 Å². The molecule has 0 aromatic heterocycles. The van der Waals surface area contributed by atoms with Crippen molar-refractivity contribution in [3.63, 3.8) is 0 Å². The van der Waals surface area contributed by atoms with Gasteiger partial charge >= 0.3 is 0 Å². The molecule has 8 amide bonds. The number of hydrogen-bond donors (Lipinski definition) is 11. The predicted octanol–water partition coefficient (Wildman–Crippen LogP) is 3.68. The Morgan fingerprint density at radius 1 is 0.446 bits per heavy atom. The third-order valence-electron chi connectivity index (χ3n) is 11.7. The van der Waals surface area contributed by atoms with Crippen molar-refractivity contribution in [1.82, 2.24) is 16.0 Å². The first-order valence-electron chi connectivity index (χ1n) is 24.1. The van der Waals surface area contributed by atoms with Crippen LogP contribution in [-0.2, 0) is 19.2 Å². The first-order valence-corrected chi connectivity index (χ1v) is 24.1. The highest BCUT2D eigenvalue weighted by Crippen LogP contribution is 2.27. The Bertz CT molecular complexity index is 2640. The fraction of sp³-hybridized carbons (Fsp3) is 0.385. The van der Waals surface area contributed by atoms with Gasteiger partial charge in [-0.2, -0.15) is 0 Å². The molecule has 4 rings (SSSR count). The number of nitrogens with two attached hydrogens (primary N) is 4. The average molecular weight is 1020 g/mol. The van der Waals surface area contributed by atoms with E-state index in [1.54, 1.807) is 25.1 Å². The first kappa shape index (κ1) is 58.5. The van der Waals surface area contributed by atoms with Gasteiger partial charge < -0.3 is 74.4 Å². The van der Waals surface area contributed by atoms with Crippen LogP contribution in [0.3, 0.4) is 0 Å². The van der Waals surface area contributed by atoms with E-state index in [2.05, 4.69) is 37.2 Å². The van der Waals surface area contributed by atoms with Gasteiger partial charge in [0, 0.05) is 35.2 Å². The zero-order chi connectivity index (χ0) is 54.3. The number of rotatable bonds is 29. The summed E-state index contributed by atoms with van der Waals surface area (Å²) in [6, 6.07) is 14.7. The number of aryl methyl sites for hydroxylation is 1. The van der Waals surface area contributed by atoms with E-state index >= 15 is 0 Å². The predicted molar refractivity (Wildman–Crippen MR) is 281 cm³/mol. The summed E-state index contributed by atoms with van der Waals surface area (Å²) in [5, 5.41) is 19.3. The number of carbonyl (C=O) groups excluding carboxylic acids is 8. The number of unbranched alkanes of at least 4 members (excludes halogenated alkanes) is 3. The Labute approximate surface area is 430 Å². The molecule has 398 valence electrons. The molecule has 22 nitrogen and oxygen atoms in total. The minimum atomic E-state index is -1.10. The molecule has 15 N–H and O–H groups in total. The van der Waals surface area contributed by atoms with Crippen molar-refractivity contribution in [3.05, 3.63) is 101 Å². The zero-order valence-electron chi connectivity index (χ0n) is 42.4. The molecule has 3 atom stereocenters. The molecular weight excluding hydrogens is 955 g/mol. The molecule has 22 heteroatoms. The number of methoxy groups -OCH3 is 3. The summed E-state index contributed by atoms with van der Waals surface area (Å²) in [5.41, 5.74) is 24.5. The Morgan fingerprint density at radius 3 is 1.09 bits per heavy atom. The second-order valence-corrected chi connectivity index (χ2v) is 17.2. The number of ether oxygens (including phenoxy) is 3. The third-order valence-corrected chi connectivity index (χ3v) is 11.7. The van der Waals surface area contributed by atoms with Crippen LogP contribution in [0, 0.1) is 6.92 Å². The molecule has 0 radical (unpaired) electrons. The molecule has 0 fully saturated rings. The van der Waals surface area contributed by atoms with Gasteiger partial charge in [-0.15, -0.1) is 0 Å². The maximum atomic E-state index is 14.1. The van der Waals surface area contributed by atoms with Crippen molar-refractivity contribution >= 4 is 70.0 Å². The van der Waals surface area contributed by atoms with Gasteiger partial charge in [0.15, 0.2) is 0 Å². The Balaban J connectivity index is 1.54. The van der Waals surface area contributed by atoms with Crippen molar-refractivity contribution in [2.75, 3.05) is 62.2 Å². The van der Waals surface area contributed by atoms with Crippen LogP contribution in [0.4, 0.5) is 22.7 Å². The summed E-state index contributed by atoms with van der Waals surface area (Å²) in [4.78, 5) is 107. The fourth-order valence-electron chi connectivity index (χ4n) is 7.73. The second kappa shape index (κ2) is 29.4. The van der Waals surface area contributed by atoms with Crippen LogP contribution < -0.4 is 74.4 Å². The number of nitrogens with one attached hydrogen (secondary N) is 7. The zero-order valence-corrected chi connectivity index (χ0v) is 42.4. The Morgan fingerprint density at radius 2 is 0.757 bits per heavy atom. The molecule has 0 aliphatic rings. The first-order chi connectivity index (χ1) is 35.5. The summed E-state index contributed by atoms with van der Waals surface area (Å²) in [6.07, 6.45) is 3.76. The van der Waals surface area contributed by atoms with Gasteiger partial charge in [0.1, 0.15) is 35.4 Å². The highest BCUT2D eigenvalue weighted by Gasteiger charge is 2.28. The van der Waals surface area contributed by atoms with Crippen molar-refractivity contribution in [3.8, 4) is 17.2 Å². The van der Waals surface area contributed by atoms with Gasteiger partial charge in [-0.05, 0) is 157 Å². The lowest BCUT2D eigenvalue weighted by atomic mass is 10.0. The highest BCUT2D eigenvalue weighted by atomic mass is 16.5. The van der Waals surface area contributed by atoms with Crippen LogP contribution >= 0.6 is 0 Å². The minimum Gasteiger partial charge on any atom is -0.496 e. The fourth-order valence-corrected chi connectivity index (χ4v) is 7.73. The largest absolute Gasteiger partial charge is 0.496 e. The van der Waals surface area contributed by atoms with Crippen LogP contribution in [0.2, 0.25) is 0 Å². The lowest BCUT2D eigenvalue weighted by Gasteiger charge is -2.21. The average Bonchev–Trinajstić information content (AvgIpc) is 3.37. The number of benzene rings is 4. The Hall–Kier alpha value is -8.08. The van der Waals surface area contributed by atoms with Gasteiger partial charge in [0.25, 0.3) is 23.6 Å². The second-order valence-electron chi connectivity index (χ2n) is 17.2. The molecule has 0 unspecified atom stereocenters. The molecule has 0 aliphatic carbocycles. The van der Waals surface area contributed by atoms with E-state index in [0.717, 1.165) is 0 Å². The van der Waals surface area contributed by atoms with Crippen molar-refractivity contribution < 1.29 is 52.6 Å². The van der Waals surface area contributed by atoms with Gasteiger partial charge in [0.2, 0.25) is 23.6 Å². The van der Waals surface area contributed by atoms with E-state index in [1.165, 1.54) is 82.9 Å². The number of hydrogen-bond acceptors (Lipinski definition) is 14. The molecule has 0 bridgehead atoms. The van der Waals surface area contributed by atoms with E-state index in [-0.39, 0.29) is 81.7 Å². The van der Waals surface area contributed by atoms with E-state index in [1.807, 2.05) is 0 Å². The normalized spacial score (nSPS) is 11.9. The van der Waals surface area contributed by atoms with Gasteiger partial charge in [-0.3, -0.25) is 38.4 Å². The van der Waals surface area contributed by atoms with Crippen LogP contribution in [0.1, 0.15) is 112 Å². The molecule has 0 heterocycles. The SMILES string of the molecule is COc1ccc(NC(=O)[C@H](CCCCN)NC(=O)c2cc(NC(=O)[C@H](CCCCN)NC(=O)c3cc(NC(=O)[C@H](CCCCN)NC(=O)c4cc(NC(C)=O)ccc4OC)ccc3C)ccc2OC)cc1C(N)=O. The van der Waals surface area contributed by atoms with Gasteiger partial charge in [-0.1, -0.05) is 6.07 Å². The maximum absolute atomic E-state index is 14.1. The van der Waals surface area contributed by atoms with E-state index in [9.17, 15) is 38.4 Å².